The van der Waals surface area contributed by atoms with Crippen LogP contribution in [0.4, 0.5) is 0 Å². The molecule has 0 radical (unpaired) electrons. The number of aliphatic hydroxyl groups excluding tert-OH is 1. The van der Waals surface area contributed by atoms with Crippen LogP contribution in [0.15, 0.2) is 23.8 Å². The van der Waals surface area contributed by atoms with Crippen molar-refractivity contribution in [1.82, 2.24) is 15.1 Å². The lowest BCUT2D eigenvalue weighted by molar-refractivity contribution is 0.0785. The number of hydrogen-bond acceptors (Lipinski definition) is 4. The van der Waals surface area contributed by atoms with Crippen LogP contribution in [0.25, 0.3) is 0 Å². The Hall–Kier alpha value is -2.10. The van der Waals surface area contributed by atoms with E-state index in [1.165, 1.54) is 17.5 Å². The second-order valence-electron chi connectivity index (χ2n) is 4.24. The Morgan fingerprint density at radius 1 is 1.60 bits per heavy atom. The van der Waals surface area contributed by atoms with Crippen molar-refractivity contribution in [3.63, 3.8) is 0 Å². The number of aromatic nitrogens is 2. The van der Waals surface area contributed by atoms with Gasteiger partial charge in [-0.15, -0.1) is 11.3 Å². The largest absolute Gasteiger partial charge is 0.395 e. The summed E-state index contributed by atoms with van der Waals surface area (Å²) in [6, 6.07) is 1.97. The van der Waals surface area contributed by atoms with Crippen LogP contribution in [0.5, 0.6) is 0 Å². The van der Waals surface area contributed by atoms with Gasteiger partial charge in [-0.1, -0.05) is 11.8 Å². The lowest BCUT2D eigenvalue weighted by Gasteiger charge is -2.14. The fourth-order valence-corrected chi connectivity index (χ4v) is 2.43. The number of amides is 1. The number of nitrogens with zero attached hydrogens (tertiary/aromatic N) is 2. The number of nitrogens with one attached hydrogen (secondary N) is 1. The summed E-state index contributed by atoms with van der Waals surface area (Å²) in [5, 5.41) is 17.1. The van der Waals surface area contributed by atoms with Crippen molar-refractivity contribution in [3.05, 3.63) is 39.8 Å². The van der Waals surface area contributed by atoms with Crippen LogP contribution in [0.3, 0.4) is 0 Å². The number of carbonyl (C=O) groups excluding carboxylic acids is 1. The van der Waals surface area contributed by atoms with Crippen LogP contribution < -0.4 is 0 Å². The number of hydrogen-bond donors (Lipinski definition) is 2. The molecule has 2 aromatic rings. The molecule has 0 aliphatic rings. The van der Waals surface area contributed by atoms with Gasteiger partial charge in [-0.2, -0.15) is 5.10 Å². The molecule has 0 spiro atoms. The third kappa shape index (κ3) is 3.70. The first-order valence-corrected chi connectivity index (χ1v) is 7.00. The van der Waals surface area contributed by atoms with E-state index in [0.29, 0.717) is 18.5 Å². The molecule has 6 heteroatoms. The summed E-state index contributed by atoms with van der Waals surface area (Å²) in [5.74, 6) is 5.80. The molecule has 0 aliphatic heterocycles. The molecule has 5 nitrogen and oxygen atoms in total. The first-order chi connectivity index (χ1) is 9.70. The summed E-state index contributed by atoms with van der Waals surface area (Å²) in [4.78, 5) is 14.6. The van der Waals surface area contributed by atoms with Crippen LogP contribution in [-0.4, -0.2) is 39.8 Å². The minimum atomic E-state index is -0.0714. The molecule has 2 heterocycles. The number of rotatable bonds is 4. The highest BCUT2D eigenvalue weighted by Gasteiger charge is 2.13. The molecule has 20 heavy (non-hydrogen) atoms. The molecule has 0 unspecified atom stereocenters. The number of H-pyrrole nitrogens is 1. The van der Waals surface area contributed by atoms with Crippen molar-refractivity contribution < 1.29 is 9.90 Å². The lowest BCUT2D eigenvalue weighted by atomic mass is 10.2. The molecule has 1 amide bonds. The van der Waals surface area contributed by atoms with E-state index in [9.17, 15) is 4.79 Å². The SMILES string of the molecule is CN(Cc1csc(C#CCCO)c1)C(=O)c1cn[nH]c1. The van der Waals surface area contributed by atoms with Crippen LogP contribution >= 0.6 is 11.3 Å². The number of aliphatic hydroxyl groups is 1. The lowest BCUT2D eigenvalue weighted by Crippen LogP contribution is -2.25. The van der Waals surface area contributed by atoms with E-state index in [0.717, 1.165) is 10.4 Å². The van der Waals surface area contributed by atoms with Gasteiger partial charge in [0, 0.05) is 26.2 Å². The van der Waals surface area contributed by atoms with E-state index in [-0.39, 0.29) is 12.5 Å². The Bertz CT molecular complexity index is 622. The summed E-state index contributed by atoms with van der Waals surface area (Å²) in [6.07, 6.45) is 3.57. The van der Waals surface area contributed by atoms with Gasteiger partial charge in [0.15, 0.2) is 0 Å². The van der Waals surface area contributed by atoms with Gasteiger partial charge in [-0.25, -0.2) is 0 Å². The predicted octanol–water partition coefficient (Wildman–Crippen LogP) is 1.48. The normalized spacial score (nSPS) is 9.90. The van der Waals surface area contributed by atoms with Crippen molar-refractivity contribution in [3.8, 4) is 11.8 Å². The Balaban J connectivity index is 1.97. The summed E-state index contributed by atoms with van der Waals surface area (Å²) in [7, 11) is 1.75. The average Bonchev–Trinajstić information content (AvgIpc) is 3.09. The van der Waals surface area contributed by atoms with Crippen molar-refractivity contribution >= 4 is 17.2 Å². The Morgan fingerprint density at radius 2 is 2.45 bits per heavy atom. The molecule has 0 atom stereocenters. The van der Waals surface area contributed by atoms with E-state index in [1.54, 1.807) is 18.1 Å². The fraction of sp³-hybridized carbons (Fsp3) is 0.286. The standard InChI is InChI=1S/C14H15N3O2S/c1-17(14(19)12-7-15-16-8-12)9-11-6-13(20-10-11)4-2-3-5-18/h6-8,10,18H,3,5,9H2,1H3,(H,15,16). The molecule has 2 rings (SSSR count). The second kappa shape index (κ2) is 6.89. The molecule has 0 fully saturated rings. The maximum absolute atomic E-state index is 12.0. The average molecular weight is 289 g/mol. The number of aromatic amines is 1. The van der Waals surface area contributed by atoms with Crippen LogP contribution in [0.1, 0.15) is 27.2 Å². The van der Waals surface area contributed by atoms with Crippen molar-refractivity contribution in [1.29, 1.82) is 0 Å². The van der Waals surface area contributed by atoms with Crippen molar-refractivity contribution in [2.24, 2.45) is 0 Å². The molecular formula is C14H15N3O2S. The highest BCUT2D eigenvalue weighted by Crippen LogP contribution is 2.16. The van der Waals surface area contributed by atoms with Crippen LogP contribution in [0, 0.1) is 11.8 Å². The molecule has 104 valence electrons. The molecule has 2 N–H and O–H groups in total. The fourth-order valence-electron chi connectivity index (χ4n) is 1.66. The smallest absolute Gasteiger partial charge is 0.257 e. The van der Waals surface area contributed by atoms with Gasteiger partial charge in [0.1, 0.15) is 0 Å². The zero-order chi connectivity index (χ0) is 14.4. The summed E-state index contributed by atoms with van der Waals surface area (Å²) in [5.41, 5.74) is 1.59. The van der Waals surface area contributed by atoms with Crippen molar-refractivity contribution in [2.75, 3.05) is 13.7 Å². The molecular weight excluding hydrogens is 274 g/mol. The topological polar surface area (TPSA) is 69.2 Å². The second-order valence-corrected chi connectivity index (χ2v) is 5.15. The minimum Gasteiger partial charge on any atom is -0.395 e. The molecule has 0 saturated carbocycles. The van der Waals surface area contributed by atoms with Gasteiger partial charge < -0.3 is 10.0 Å². The Labute approximate surface area is 121 Å². The molecule has 0 bridgehead atoms. The first kappa shape index (κ1) is 14.3. The molecule has 2 aromatic heterocycles. The number of carbonyl (C=O) groups is 1. The van der Waals surface area contributed by atoms with Gasteiger partial charge in [-0.05, 0) is 17.0 Å². The molecule has 0 saturated heterocycles. The van der Waals surface area contributed by atoms with E-state index in [2.05, 4.69) is 22.0 Å². The zero-order valence-corrected chi connectivity index (χ0v) is 11.9. The van der Waals surface area contributed by atoms with E-state index in [1.807, 2.05) is 11.4 Å². The van der Waals surface area contributed by atoms with Gasteiger partial charge in [0.2, 0.25) is 0 Å². The quantitative estimate of drug-likeness (QED) is 0.838. The summed E-state index contributed by atoms with van der Waals surface area (Å²) in [6.45, 7) is 0.607. The van der Waals surface area contributed by atoms with Crippen LogP contribution in [-0.2, 0) is 6.54 Å². The third-order valence-corrected chi connectivity index (χ3v) is 3.51. The van der Waals surface area contributed by atoms with Gasteiger partial charge in [0.05, 0.1) is 23.2 Å². The first-order valence-electron chi connectivity index (χ1n) is 6.12. The number of thiophene rings is 1. The summed E-state index contributed by atoms with van der Waals surface area (Å²) >= 11 is 1.54. The van der Waals surface area contributed by atoms with E-state index in [4.69, 9.17) is 5.11 Å². The van der Waals surface area contributed by atoms with Gasteiger partial charge in [-0.3, -0.25) is 9.89 Å². The van der Waals surface area contributed by atoms with Crippen LogP contribution in [0.2, 0.25) is 0 Å². The Morgan fingerprint density at radius 3 is 3.15 bits per heavy atom. The van der Waals surface area contributed by atoms with Crippen molar-refractivity contribution in [2.45, 2.75) is 13.0 Å². The Kier molecular flexibility index (Phi) is 4.93. The molecule has 0 aromatic carbocycles. The molecule has 0 aliphatic carbocycles. The van der Waals surface area contributed by atoms with Gasteiger partial charge >= 0.3 is 0 Å². The highest BCUT2D eigenvalue weighted by atomic mass is 32.1. The van der Waals surface area contributed by atoms with E-state index < -0.39 is 0 Å². The highest BCUT2D eigenvalue weighted by molar-refractivity contribution is 7.10. The van der Waals surface area contributed by atoms with E-state index >= 15 is 0 Å². The zero-order valence-electron chi connectivity index (χ0n) is 11.1. The maximum atomic E-state index is 12.0. The maximum Gasteiger partial charge on any atom is 0.257 e. The minimum absolute atomic E-state index is 0.0714. The predicted molar refractivity (Wildman–Crippen MR) is 77.3 cm³/mol. The third-order valence-electron chi connectivity index (χ3n) is 2.61. The summed E-state index contributed by atoms with van der Waals surface area (Å²) < 4.78 is 0. The monoisotopic (exact) mass is 289 g/mol. The van der Waals surface area contributed by atoms with Gasteiger partial charge in [0.25, 0.3) is 5.91 Å².